The molecule has 4 rings (SSSR count). The molecule has 0 amide bonds. The van der Waals surface area contributed by atoms with E-state index in [1.807, 2.05) is 56.3 Å². The van der Waals surface area contributed by atoms with Gasteiger partial charge in [-0.15, -0.1) is 0 Å². The number of hydrogen-bond acceptors (Lipinski definition) is 5. The predicted octanol–water partition coefficient (Wildman–Crippen LogP) is 4.69. The maximum absolute atomic E-state index is 11.9. The van der Waals surface area contributed by atoms with Crippen molar-refractivity contribution in [2.24, 2.45) is 16.7 Å². The molecule has 0 radical (unpaired) electrons. The highest BCUT2D eigenvalue weighted by Crippen LogP contribution is 2.68. The Balaban J connectivity index is 1.43. The van der Waals surface area contributed by atoms with Gasteiger partial charge in [-0.25, -0.2) is 0 Å². The van der Waals surface area contributed by atoms with Gasteiger partial charge in [-0.05, 0) is 29.8 Å². The minimum Gasteiger partial charge on any atom is -0.426 e. The molecular weight excluding hydrogens is 412 g/mol. The van der Waals surface area contributed by atoms with E-state index in [0.29, 0.717) is 5.75 Å². The molecule has 178 valence electrons. The molecule has 33 heavy (non-hydrogen) atoms. The quantitative estimate of drug-likeness (QED) is 0.529. The molecule has 0 atom stereocenters. The third kappa shape index (κ3) is 3.75. The van der Waals surface area contributed by atoms with E-state index in [1.54, 1.807) is 0 Å². The van der Waals surface area contributed by atoms with Gasteiger partial charge in [0.25, 0.3) is 0 Å². The van der Waals surface area contributed by atoms with Crippen LogP contribution in [-0.2, 0) is 10.4 Å². The molecule has 1 aliphatic carbocycles. The SMILES string of the molecule is CC(C)C(=O)Oc1ccc(N2CCN(C3C(C)(C)C(O)(c4ccccc4)C3(C)C)CC2)cc1. The molecule has 0 unspecified atom stereocenters. The Bertz CT molecular complexity index is 958. The van der Waals surface area contributed by atoms with Gasteiger partial charge < -0.3 is 14.7 Å². The van der Waals surface area contributed by atoms with Crippen LogP contribution in [0.4, 0.5) is 5.69 Å². The summed E-state index contributed by atoms with van der Waals surface area (Å²) in [5, 5.41) is 11.9. The molecule has 0 spiro atoms. The van der Waals surface area contributed by atoms with Crippen molar-refractivity contribution in [1.29, 1.82) is 0 Å². The summed E-state index contributed by atoms with van der Waals surface area (Å²) in [5.74, 6) is 0.240. The van der Waals surface area contributed by atoms with Gasteiger partial charge in [0.15, 0.2) is 0 Å². The highest BCUT2D eigenvalue weighted by atomic mass is 16.5. The van der Waals surface area contributed by atoms with Crippen LogP contribution in [0.15, 0.2) is 54.6 Å². The lowest BCUT2D eigenvalue weighted by molar-refractivity contribution is -0.307. The standard InChI is InChI=1S/C28H38N2O3/c1-20(2)24(31)33-23-14-12-22(13-15-23)29-16-18-30(19-17-29)25-26(3,4)28(32,27(25,5)6)21-10-8-7-9-11-21/h7-15,20,25,32H,16-19H2,1-6H3. The van der Waals surface area contributed by atoms with Crippen LogP contribution in [0.2, 0.25) is 0 Å². The number of carbonyl (C=O) groups excluding carboxylic acids is 1. The summed E-state index contributed by atoms with van der Waals surface area (Å²) in [5.41, 5.74) is 0.760. The second-order valence-corrected chi connectivity index (χ2v) is 11.0. The van der Waals surface area contributed by atoms with Crippen molar-refractivity contribution < 1.29 is 14.6 Å². The van der Waals surface area contributed by atoms with Crippen LogP contribution in [0.3, 0.4) is 0 Å². The van der Waals surface area contributed by atoms with Gasteiger partial charge in [0.2, 0.25) is 0 Å². The third-order valence-electron chi connectivity index (χ3n) is 7.99. The number of hydrogen-bond donors (Lipinski definition) is 1. The molecule has 0 bridgehead atoms. The fraction of sp³-hybridized carbons (Fsp3) is 0.536. The van der Waals surface area contributed by atoms with E-state index in [-0.39, 0.29) is 28.8 Å². The fourth-order valence-corrected chi connectivity index (χ4v) is 6.58. The van der Waals surface area contributed by atoms with E-state index in [2.05, 4.69) is 49.6 Å². The van der Waals surface area contributed by atoms with Crippen molar-refractivity contribution in [3.63, 3.8) is 0 Å². The Hall–Kier alpha value is -2.37. The molecular formula is C28H38N2O3. The van der Waals surface area contributed by atoms with Gasteiger partial charge in [-0.1, -0.05) is 71.9 Å². The molecule has 1 heterocycles. The van der Waals surface area contributed by atoms with Crippen molar-refractivity contribution in [3.8, 4) is 5.75 Å². The highest BCUT2D eigenvalue weighted by molar-refractivity contribution is 5.74. The molecule has 2 aromatic carbocycles. The minimum absolute atomic E-state index is 0.141. The van der Waals surface area contributed by atoms with E-state index < -0.39 is 5.60 Å². The molecule has 2 aliphatic rings. The van der Waals surface area contributed by atoms with E-state index in [4.69, 9.17) is 4.74 Å². The zero-order valence-corrected chi connectivity index (χ0v) is 20.8. The van der Waals surface area contributed by atoms with Crippen LogP contribution in [0.1, 0.15) is 47.1 Å². The molecule has 1 saturated heterocycles. The number of esters is 1. The summed E-state index contributed by atoms with van der Waals surface area (Å²) < 4.78 is 5.40. The lowest BCUT2D eigenvalue weighted by atomic mass is 9.39. The van der Waals surface area contributed by atoms with Crippen LogP contribution in [0.5, 0.6) is 5.75 Å². The molecule has 0 aromatic heterocycles. The van der Waals surface area contributed by atoms with Gasteiger partial charge in [0.1, 0.15) is 11.4 Å². The van der Waals surface area contributed by atoms with Gasteiger partial charge in [0.05, 0.1) is 5.92 Å². The average molecular weight is 451 g/mol. The van der Waals surface area contributed by atoms with Crippen molar-refractivity contribution in [2.45, 2.75) is 53.2 Å². The number of nitrogens with zero attached hydrogens (tertiary/aromatic N) is 2. The van der Waals surface area contributed by atoms with Gasteiger partial charge in [0, 0.05) is 48.7 Å². The fourth-order valence-electron chi connectivity index (χ4n) is 6.58. The number of rotatable bonds is 5. The summed E-state index contributed by atoms with van der Waals surface area (Å²) in [6, 6.07) is 18.2. The first-order valence-corrected chi connectivity index (χ1v) is 12.1. The van der Waals surface area contributed by atoms with E-state index in [9.17, 15) is 9.90 Å². The molecule has 2 fully saturated rings. The number of ether oxygens (including phenoxy) is 1. The van der Waals surface area contributed by atoms with Crippen molar-refractivity contribution in [1.82, 2.24) is 4.90 Å². The number of aliphatic hydroxyl groups is 1. The Morgan fingerprint density at radius 3 is 1.97 bits per heavy atom. The van der Waals surface area contributed by atoms with Crippen LogP contribution in [0, 0.1) is 16.7 Å². The molecule has 2 aromatic rings. The van der Waals surface area contributed by atoms with Crippen LogP contribution >= 0.6 is 0 Å². The van der Waals surface area contributed by atoms with E-state index in [1.165, 1.54) is 0 Å². The smallest absolute Gasteiger partial charge is 0.313 e. The minimum atomic E-state index is -0.869. The Kier molecular flexibility index (Phi) is 6.08. The Morgan fingerprint density at radius 2 is 1.45 bits per heavy atom. The van der Waals surface area contributed by atoms with Crippen LogP contribution < -0.4 is 9.64 Å². The van der Waals surface area contributed by atoms with E-state index >= 15 is 0 Å². The van der Waals surface area contributed by atoms with Crippen molar-refractivity contribution >= 4 is 11.7 Å². The van der Waals surface area contributed by atoms with Gasteiger partial charge in [-0.3, -0.25) is 9.69 Å². The predicted molar refractivity (Wildman–Crippen MR) is 132 cm³/mol. The second-order valence-electron chi connectivity index (χ2n) is 11.0. The summed E-state index contributed by atoms with van der Waals surface area (Å²) in [6.07, 6.45) is 0. The maximum Gasteiger partial charge on any atom is 0.313 e. The monoisotopic (exact) mass is 450 g/mol. The Morgan fingerprint density at radius 1 is 0.909 bits per heavy atom. The third-order valence-corrected chi connectivity index (χ3v) is 7.99. The van der Waals surface area contributed by atoms with Gasteiger partial charge in [-0.2, -0.15) is 0 Å². The molecule has 1 aliphatic heterocycles. The number of carbonyl (C=O) groups is 1. The first kappa shape index (κ1) is 23.8. The van der Waals surface area contributed by atoms with Crippen LogP contribution in [0.25, 0.3) is 0 Å². The normalized spacial score (nSPS) is 26.7. The molecule has 5 heteroatoms. The topological polar surface area (TPSA) is 53.0 Å². The van der Waals surface area contributed by atoms with Crippen molar-refractivity contribution in [3.05, 3.63) is 60.2 Å². The van der Waals surface area contributed by atoms with Crippen molar-refractivity contribution in [2.75, 3.05) is 31.1 Å². The molecule has 1 N–H and O–H groups in total. The summed E-state index contributed by atoms with van der Waals surface area (Å²) in [7, 11) is 0. The second kappa shape index (κ2) is 8.44. The summed E-state index contributed by atoms with van der Waals surface area (Å²) >= 11 is 0. The largest absolute Gasteiger partial charge is 0.426 e. The Labute approximate surface area is 198 Å². The first-order chi connectivity index (χ1) is 15.5. The molecule has 1 saturated carbocycles. The lowest BCUT2D eigenvalue weighted by Gasteiger charge is -2.72. The lowest BCUT2D eigenvalue weighted by Crippen LogP contribution is -2.79. The number of anilines is 1. The molecule has 5 nitrogen and oxygen atoms in total. The number of piperazine rings is 1. The van der Waals surface area contributed by atoms with E-state index in [0.717, 1.165) is 37.4 Å². The first-order valence-electron chi connectivity index (χ1n) is 12.1. The van der Waals surface area contributed by atoms with Crippen LogP contribution in [-0.4, -0.2) is 48.2 Å². The average Bonchev–Trinajstić information content (AvgIpc) is 2.79. The zero-order chi connectivity index (χ0) is 24.0. The summed E-state index contributed by atoms with van der Waals surface area (Å²) in [6.45, 7) is 16.3. The van der Waals surface area contributed by atoms with Gasteiger partial charge >= 0.3 is 5.97 Å². The highest BCUT2D eigenvalue weighted by Gasteiger charge is 2.73. The summed E-state index contributed by atoms with van der Waals surface area (Å²) in [4.78, 5) is 16.8. The number of benzene rings is 2. The maximum atomic E-state index is 11.9. The zero-order valence-electron chi connectivity index (χ0n) is 20.8.